The van der Waals surface area contributed by atoms with E-state index in [0.717, 1.165) is 21.9 Å². The molecule has 12 heteroatoms. The van der Waals surface area contributed by atoms with E-state index in [0.29, 0.717) is 20.6 Å². The number of alkyl halides is 2. The van der Waals surface area contributed by atoms with Crippen LogP contribution in [0.25, 0.3) is 10.8 Å². The molecule has 2 aromatic heterocycles. The second-order valence-corrected chi connectivity index (χ2v) is 8.57. The topological polar surface area (TPSA) is 89.2 Å². The predicted molar refractivity (Wildman–Crippen MR) is 92.8 cm³/mol. The molecule has 0 saturated carbocycles. The molecule has 7 nitrogen and oxygen atoms in total. The fraction of sp³-hybridized carbons (Fsp3) is 0.214. The van der Waals surface area contributed by atoms with Crippen LogP contribution in [-0.4, -0.2) is 29.9 Å². The van der Waals surface area contributed by atoms with Crippen LogP contribution in [0.15, 0.2) is 34.9 Å². The smallest absolute Gasteiger partial charge is 0.314 e. The third-order valence-corrected chi connectivity index (χ3v) is 5.51. The van der Waals surface area contributed by atoms with Crippen molar-refractivity contribution in [1.82, 2.24) is 15.2 Å². The minimum Gasteiger partial charge on any atom is -0.414 e. The lowest BCUT2D eigenvalue weighted by molar-refractivity contribution is 0.116. The molecular formula is C14H11ClF2N4O3S2. The molecule has 0 aliphatic carbocycles. The highest BCUT2D eigenvalue weighted by Crippen LogP contribution is 2.30. The first-order valence-corrected chi connectivity index (χ1v) is 10.1. The molecule has 0 N–H and O–H groups in total. The Morgan fingerprint density at radius 2 is 2.12 bits per heavy atom. The monoisotopic (exact) mass is 420 g/mol. The van der Waals surface area contributed by atoms with Crippen LogP contribution in [0.3, 0.4) is 0 Å². The second-order valence-electron chi connectivity index (χ2n) is 5.11. The first-order valence-electron chi connectivity index (χ1n) is 7.04. The number of sulfonamides is 1. The molecule has 0 amide bonds. The third-order valence-electron chi connectivity index (χ3n) is 3.17. The molecule has 0 fully saturated rings. The summed E-state index contributed by atoms with van der Waals surface area (Å²) in [6.07, 6.45) is -0.441. The van der Waals surface area contributed by atoms with Gasteiger partial charge in [0.25, 0.3) is 11.8 Å². The maximum absolute atomic E-state index is 12.5. The summed E-state index contributed by atoms with van der Waals surface area (Å²) in [5.41, 5.74) is 0.384. The number of benzene rings is 1. The summed E-state index contributed by atoms with van der Waals surface area (Å²) in [6.45, 7) is -0.0559. The van der Waals surface area contributed by atoms with Crippen LogP contribution >= 0.6 is 22.9 Å². The van der Waals surface area contributed by atoms with E-state index in [1.165, 1.54) is 12.3 Å². The van der Waals surface area contributed by atoms with E-state index in [2.05, 4.69) is 15.2 Å². The number of hydrogen-bond donors (Lipinski definition) is 0. The van der Waals surface area contributed by atoms with Gasteiger partial charge in [0.2, 0.25) is 10.0 Å². The Hall–Kier alpha value is -2.11. The van der Waals surface area contributed by atoms with Crippen LogP contribution in [0.5, 0.6) is 0 Å². The highest BCUT2D eigenvalue weighted by atomic mass is 35.5. The van der Waals surface area contributed by atoms with Crippen molar-refractivity contribution in [2.45, 2.75) is 13.0 Å². The third kappa shape index (κ3) is 4.17. The number of nitrogens with zero attached hydrogens (tertiary/aromatic N) is 4. The molecule has 138 valence electrons. The standard InChI is InChI=1S/C14H11ClF2N4O3S2/c1-26(22,23)21(9-4-2-3-8(15)5-9)7-11-18-6-10(25-11)13-19-20-14(24-13)12(16)17/h2-6,12H,7H2,1H3. The van der Waals surface area contributed by atoms with Gasteiger partial charge in [0.15, 0.2) is 0 Å². The van der Waals surface area contributed by atoms with E-state index in [1.54, 1.807) is 18.2 Å². The van der Waals surface area contributed by atoms with Crippen LogP contribution in [0.1, 0.15) is 17.3 Å². The van der Waals surface area contributed by atoms with Gasteiger partial charge in [0, 0.05) is 5.02 Å². The van der Waals surface area contributed by atoms with Gasteiger partial charge in [0.05, 0.1) is 24.7 Å². The largest absolute Gasteiger partial charge is 0.414 e. The van der Waals surface area contributed by atoms with E-state index in [9.17, 15) is 17.2 Å². The van der Waals surface area contributed by atoms with Gasteiger partial charge in [-0.05, 0) is 18.2 Å². The highest BCUT2D eigenvalue weighted by Gasteiger charge is 2.22. The first-order chi connectivity index (χ1) is 12.2. The predicted octanol–water partition coefficient (Wildman–Crippen LogP) is 3.75. The average molecular weight is 421 g/mol. The van der Waals surface area contributed by atoms with E-state index < -0.39 is 22.3 Å². The van der Waals surface area contributed by atoms with E-state index in [1.807, 2.05) is 0 Å². The molecule has 0 aliphatic rings. The Morgan fingerprint density at radius 1 is 1.35 bits per heavy atom. The molecule has 0 saturated heterocycles. The Bertz CT molecular complexity index is 1020. The minimum atomic E-state index is -3.60. The van der Waals surface area contributed by atoms with Crippen molar-refractivity contribution >= 4 is 38.6 Å². The normalized spacial score (nSPS) is 11.9. The maximum Gasteiger partial charge on any atom is 0.314 e. The summed E-state index contributed by atoms with van der Waals surface area (Å²) in [5, 5.41) is 7.60. The fourth-order valence-electron chi connectivity index (χ4n) is 2.06. The lowest BCUT2D eigenvalue weighted by Gasteiger charge is -2.21. The van der Waals surface area contributed by atoms with E-state index >= 15 is 0 Å². The molecule has 0 aliphatic heterocycles. The van der Waals surface area contributed by atoms with Gasteiger partial charge in [-0.25, -0.2) is 13.4 Å². The number of rotatable bonds is 6. The Balaban J connectivity index is 1.87. The molecule has 1 aromatic carbocycles. The van der Waals surface area contributed by atoms with Crippen molar-refractivity contribution in [3.63, 3.8) is 0 Å². The summed E-state index contributed by atoms with van der Waals surface area (Å²) in [7, 11) is -3.60. The fourth-order valence-corrected chi connectivity index (χ4v) is 4.01. The number of halogens is 3. The summed E-state index contributed by atoms with van der Waals surface area (Å²) < 4.78 is 55.3. The summed E-state index contributed by atoms with van der Waals surface area (Å²) in [5.74, 6) is -0.885. The van der Waals surface area contributed by atoms with Crippen molar-refractivity contribution in [2.75, 3.05) is 10.6 Å². The zero-order valence-corrected chi connectivity index (χ0v) is 15.5. The van der Waals surface area contributed by atoms with Crippen molar-refractivity contribution in [3.05, 3.63) is 46.4 Å². The lowest BCUT2D eigenvalue weighted by atomic mass is 10.3. The second kappa shape index (κ2) is 7.25. The van der Waals surface area contributed by atoms with Crippen LogP contribution in [0, 0.1) is 0 Å². The van der Waals surface area contributed by atoms with Crippen LogP contribution in [0.2, 0.25) is 5.02 Å². The molecule has 0 bridgehead atoms. The van der Waals surface area contributed by atoms with E-state index in [4.69, 9.17) is 16.0 Å². The highest BCUT2D eigenvalue weighted by molar-refractivity contribution is 7.92. The number of thiazole rings is 1. The van der Waals surface area contributed by atoms with Crippen LogP contribution in [0.4, 0.5) is 14.5 Å². The molecule has 2 heterocycles. The Morgan fingerprint density at radius 3 is 2.73 bits per heavy atom. The number of aromatic nitrogens is 3. The molecule has 0 atom stereocenters. The number of hydrogen-bond acceptors (Lipinski definition) is 7. The van der Waals surface area contributed by atoms with Crippen molar-refractivity contribution in [1.29, 1.82) is 0 Å². The summed E-state index contributed by atoms with van der Waals surface area (Å²) in [4.78, 5) is 4.47. The van der Waals surface area contributed by atoms with E-state index in [-0.39, 0.29) is 12.4 Å². The molecule has 0 spiro atoms. The molecule has 3 rings (SSSR count). The molecule has 3 aromatic rings. The van der Waals surface area contributed by atoms with Crippen LogP contribution < -0.4 is 4.31 Å². The molecular weight excluding hydrogens is 410 g/mol. The molecule has 26 heavy (non-hydrogen) atoms. The molecule has 0 unspecified atom stereocenters. The quantitative estimate of drug-likeness (QED) is 0.603. The minimum absolute atomic E-state index is 0.0559. The van der Waals surface area contributed by atoms with Crippen molar-refractivity contribution in [2.24, 2.45) is 0 Å². The van der Waals surface area contributed by atoms with Crippen molar-refractivity contribution < 1.29 is 21.6 Å². The van der Waals surface area contributed by atoms with Gasteiger partial charge in [-0.2, -0.15) is 8.78 Å². The van der Waals surface area contributed by atoms with Gasteiger partial charge in [0.1, 0.15) is 9.88 Å². The van der Waals surface area contributed by atoms with Crippen LogP contribution in [-0.2, 0) is 16.6 Å². The molecule has 0 radical (unpaired) electrons. The number of anilines is 1. The Labute approximate surface area is 156 Å². The summed E-state index contributed by atoms with van der Waals surface area (Å²) >= 11 is 6.99. The summed E-state index contributed by atoms with van der Waals surface area (Å²) in [6, 6.07) is 6.38. The Kier molecular flexibility index (Phi) is 5.21. The average Bonchev–Trinajstić information content (AvgIpc) is 3.20. The lowest BCUT2D eigenvalue weighted by Crippen LogP contribution is -2.29. The van der Waals surface area contributed by atoms with Gasteiger partial charge >= 0.3 is 6.43 Å². The van der Waals surface area contributed by atoms with Gasteiger partial charge in [-0.1, -0.05) is 17.7 Å². The first kappa shape index (κ1) is 18.7. The SMILES string of the molecule is CS(=O)(=O)N(Cc1ncc(-c2nnc(C(F)F)o2)s1)c1cccc(Cl)c1. The van der Waals surface area contributed by atoms with Gasteiger partial charge in [-0.15, -0.1) is 21.5 Å². The maximum atomic E-state index is 12.5. The zero-order chi connectivity index (χ0) is 18.9. The van der Waals surface area contributed by atoms with Gasteiger partial charge < -0.3 is 4.42 Å². The van der Waals surface area contributed by atoms with Crippen molar-refractivity contribution in [3.8, 4) is 10.8 Å². The zero-order valence-electron chi connectivity index (χ0n) is 13.1. The van der Waals surface area contributed by atoms with Gasteiger partial charge in [-0.3, -0.25) is 4.31 Å².